The van der Waals surface area contributed by atoms with Crippen LogP contribution in [0.2, 0.25) is 0 Å². The van der Waals surface area contributed by atoms with Gasteiger partial charge in [0.1, 0.15) is 0 Å². The molecule has 2 aromatic carbocycles. The highest BCUT2D eigenvalue weighted by molar-refractivity contribution is 7.92. The number of nitrogens with one attached hydrogen (secondary N) is 2. The van der Waals surface area contributed by atoms with Gasteiger partial charge < -0.3 is 15.3 Å². The number of hydrogen-bond acceptors (Lipinski definition) is 6. The number of carbonyl (C=O) groups excluding carboxylic acids is 1. The molecule has 0 atom stereocenters. The normalized spacial score (nSPS) is 17.2. The van der Waals surface area contributed by atoms with E-state index >= 15 is 0 Å². The van der Waals surface area contributed by atoms with Crippen molar-refractivity contribution in [3.8, 4) is 0 Å². The molecular formula is C25H29N3O4S2. The Kier molecular flexibility index (Phi) is 6.03. The number of aryl methyl sites for hydroxylation is 1. The van der Waals surface area contributed by atoms with Gasteiger partial charge in [-0.05, 0) is 68.4 Å². The van der Waals surface area contributed by atoms with Crippen LogP contribution in [0.5, 0.6) is 0 Å². The summed E-state index contributed by atoms with van der Waals surface area (Å²) in [7, 11) is -3.66. The summed E-state index contributed by atoms with van der Waals surface area (Å²) in [5, 5.41) is 15.1. The monoisotopic (exact) mass is 499 g/mol. The molecule has 0 unspecified atom stereocenters. The minimum absolute atomic E-state index is 0.215. The van der Waals surface area contributed by atoms with Gasteiger partial charge in [0, 0.05) is 28.6 Å². The number of hydrogen-bond donors (Lipinski definition) is 3. The molecule has 1 saturated carbocycles. The van der Waals surface area contributed by atoms with Crippen molar-refractivity contribution in [1.82, 2.24) is 0 Å². The Morgan fingerprint density at radius 2 is 1.88 bits per heavy atom. The lowest BCUT2D eigenvalue weighted by atomic mass is 9.93. The van der Waals surface area contributed by atoms with Gasteiger partial charge in [0.15, 0.2) is 0 Å². The molecule has 34 heavy (non-hydrogen) atoms. The minimum atomic E-state index is -3.66. The smallest absolute Gasteiger partial charge is 0.257 e. The molecule has 0 radical (unpaired) electrons. The van der Waals surface area contributed by atoms with Crippen LogP contribution in [0.3, 0.4) is 0 Å². The Morgan fingerprint density at radius 3 is 2.59 bits per heavy atom. The summed E-state index contributed by atoms with van der Waals surface area (Å²) in [6.45, 7) is 3.26. The summed E-state index contributed by atoms with van der Waals surface area (Å²) < 4.78 is 28.0. The molecular weight excluding hydrogens is 470 g/mol. The molecule has 3 N–H and O–H groups in total. The maximum atomic E-state index is 13.4. The van der Waals surface area contributed by atoms with E-state index in [1.807, 2.05) is 12.3 Å². The van der Waals surface area contributed by atoms with E-state index < -0.39 is 16.6 Å². The predicted octanol–water partition coefficient (Wildman–Crippen LogP) is 4.58. The number of amides is 1. The number of nitrogens with zero attached hydrogens (tertiary/aromatic N) is 1. The summed E-state index contributed by atoms with van der Waals surface area (Å²) in [5.74, 6) is -0.589. The second-order valence-electron chi connectivity index (χ2n) is 9.47. The fraction of sp³-hybridized carbons (Fsp3) is 0.400. The molecule has 1 spiro atoms. The van der Waals surface area contributed by atoms with Gasteiger partial charge in [-0.3, -0.25) is 9.52 Å². The molecule has 1 saturated heterocycles. The first kappa shape index (κ1) is 23.1. The number of anilines is 3. The van der Waals surface area contributed by atoms with E-state index in [1.54, 1.807) is 29.5 Å². The number of carbonyl (C=O) groups is 1. The van der Waals surface area contributed by atoms with Gasteiger partial charge in [-0.15, -0.1) is 11.3 Å². The molecule has 1 aliphatic heterocycles. The first-order valence-electron chi connectivity index (χ1n) is 11.6. The average Bonchev–Trinajstić information content (AvgIpc) is 3.44. The van der Waals surface area contributed by atoms with Crippen molar-refractivity contribution in [3.63, 3.8) is 0 Å². The van der Waals surface area contributed by atoms with Crippen LogP contribution in [-0.2, 0) is 10.0 Å². The number of benzene rings is 2. The minimum Gasteiger partial charge on any atom is -0.395 e. The van der Waals surface area contributed by atoms with E-state index in [1.165, 1.54) is 12.8 Å². The summed E-state index contributed by atoms with van der Waals surface area (Å²) in [6, 6.07) is 11.2. The number of aliphatic hydroxyl groups excluding tert-OH is 1. The second kappa shape index (κ2) is 8.87. The summed E-state index contributed by atoms with van der Waals surface area (Å²) in [4.78, 5) is 15.6. The van der Waals surface area contributed by atoms with Gasteiger partial charge in [-0.2, -0.15) is 0 Å². The molecule has 1 aliphatic carbocycles. The zero-order valence-corrected chi connectivity index (χ0v) is 20.8. The molecule has 2 heterocycles. The Labute approximate surface area is 203 Å². The van der Waals surface area contributed by atoms with Gasteiger partial charge in [-0.25, -0.2) is 8.42 Å². The summed E-state index contributed by atoms with van der Waals surface area (Å²) in [5.41, 5.74) is 4.03. The molecule has 180 valence electrons. The molecule has 2 aliphatic rings. The van der Waals surface area contributed by atoms with E-state index in [0.717, 1.165) is 53.0 Å². The lowest BCUT2D eigenvalue weighted by molar-refractivity contribution is 0.102. The van der Waals surface area contributed by atoms with Gasteiger partial charge >= 0.3 is 0 Å². The van der Waals surface area contributed by atoms with Crippen LogP contribution in [0.15, 0.2) is 41.8 Å². The Balaban J connectivity index is 1.45. The second-order valence-corrected chi connectivity index (χ2v) is 12.2. The van der Waals surface area contributed by atoms with Crippen molar-refractivity contribution in [3.05, 3.63) is 52.9 Å². The quantitative estimate of drug-likeness (QED) is 0.442. The Hall–Kier alpha value is -2.62. The van der Waals surface area contributed by atoms with E-state index in [4.69, 9.17) is 5.11 Å². The third kappa shape index (κ3) is 4.78. The van der Waals surface area contributed by atoms with Crippen LogP contribution in [0, 0.1) is 12.3 Å². The zero-order valence-electron chi connectivity index (χ0n) is 19.1. The maximum absolute atomic E-state index is 13.4. The fourth-order valence-electron chi connectivity index (χ4n) is 4.73. The molecule has 2 fully saturated rings. The van der Waals surface area contributed by atoms with Crippen molar-refractivity contribution in [2.45, 2.75) is 32.6 Å². The zero-order chi connectivity index (χ0) is 23.9. The highest BCUT2D eigenvalue weighted by Crippen LogP contribution is 2.54. The Morgan fingerprint density at radius 1 is 1.12 bits per heavy atom. The van der Waals surface area contributed by atoms with E-state index in [2.05, 4.69) is 33.1 Å². The topological polar surface area (TPSA) is 98.7 Å². The standard InChI is InChI=1S/C25H29N3O4S2/c1-17-2-5-23-20(14-17)21(16-33-23)26-24(30)19-4-3-18(27-34(31,32)13-12-29)15-22(19)28-10-8-25(6-7-25)9-11-28/h2-5,14-16,27,29H,6-13H2,1H3,(H,26,30). The van der Waals surface area contributed by atoms with Gasteiger partial charge in [0.05, 0.1) is 35.0 Å². The van der Waals surface area contributed by atoms with Crippen molar-refractivity contribution in [2.75, 3.05) is 40.4 Å². The van der Waals surface area contributed by atoms with Crippen LogP contribution in [-0.4, -0.2) is 44.9 Å². The third-order valence-electron chi connectivity index (χ3n) is 6.97. The van der Waals surface area contributed by atoms with Gasteiger partial charge in [-0.1, -0.05) is 11.6 Å². The van der Waals surface area contributed by atoms with Gasteiger partial charge in [0.2, 0.25) is 10.0 Å². The SMILES string of the molecule is Cc1ccc2scc(NC(=O)c3ccc(NS(=O)(=O)CCO)cc3N3CCC4(CC3)CC4)c2c1. The van der Waals surface area contributed by atoms with Crippen molar-refractivity contribution >= 4 is 54.4 Å². The molecule has 5 rings (SSSR count). The highest BCUT2D eigenvalue weighted by atomic mass is 32.2. The number of fused-ring (bicyclic) bond motifs is 1. The molecule has 3 aromatic rings. The number of rotatable bonds is 7. The highest BCUT2D eigenvalue weighted by Gasteiger charge is 2.44. The number of aliphatic hydroxyl groups is 1. The van der Waals surface area contributed by atoms with E-state index in [9.17, 15) is 13.2 Å². The summed E-state index contributed by atoms with van der Waals surface area (Å²) >= 11 is 1.59. The first-order valence-corrected chi connectivity index (χ1v) is 14.1. The van der Waals surface area contributed by atoms with Crippen molar-refractivity contribution in [2.24, 2.45) is 5.41 Å². The number of piperidine rings is 1. The van der Waals surface area contributed by atoms with E-state index in [0.29, 0.717) is 16.7 Å². The van der Waals surface area contributed by atoms with Crippen LogP contribution < -0.4 is 14.9 Å². The van der Waals surface area contributed by atoms with Gasteiger partial charge in [0.25, 0.3) is 5.91 Å². The maximum Gasteiger partial charge on any atom is 0.257 e. The number of sulfonamides is 1. The van der Waals surface area contributed by atoms with Crippen LogP contribution in [0.4, 0.5) is 17.1 Å². The molecule has 7 nitrogen and oxygen atoms in total. The van der Waals surface area contributed by atoms with E-state index in [-0.39, 0.29) is 11.7 Å². The molecule has 9 heteroatoms. The lowest BCUT2D eigenvalue weighted by Gasteiger charge is -2.35. The van der Waals surface area contributed by atoms with Crippen LogP contribution in [0.25, 0.3) is 10.1 Å². The fourth-order valence-corrected chi connectivity index (χ4v) is 6.43. The third-order valence-corrected chi connectivity index (χ3v) is 9.21. The Bertz CT molecular complexity index is 1340. The first-order chi connectivity index (χ1) is 16.3. The summed E-state index contributed by atoms with van der Waals surface area (Å²) in [6.07, 6.45) is 4.73. The van der Waals surface area contributed by atoms with Crippen LogP contribution in [0.1, 0.15) is 41.6 Å². The predicted molar refractivity (Wildman–Crippen MR) is 139 cm³/mol. The molecule has 1 aromatic heterocycles. The molecule has 0 bridgehead atoms. The van der Waals surface area contributed by atoms with Crippen molar-refractivity contribution in [1.29, 1.82) is 0 Å². The number of thiophene rings is 1. The molecule has 1 amide bonds. The lowest BCUT2D eigenvalue weighted by Crippen LogP contribution is -2.35. The van der Waals surface area contributed by atoms with Crippen molar-refractivity contribution < 1.29 is 18.3 Å². The van der Waals surface area contributed by atoms with Crippen LogP contribution >= 0.6 is 11.3 Å². The largest absolute Gasteiger partial charge is 0.395 e. The average molecular weight is 500 g/mol.